The van der Waals surface area contributed by atoms with Crippen molar-refractivity contribution in [2.45, 2.75) is 18.5 Å². The van der Waals surface area contributed by atoms with Gasteiger partial charge < -0.3 is 15.8 Å². The van der Waals surface area contributed by atoms with Gasteiger partial charge in [0.05, 0.1) is 7.11 Å². The molecule has 1 heterocycles. The van der Waals surface area contributed by atoms with E-state index in [-0.39, 0.29) is 18.0 Å². The van der Waals surface area contributed by atoms with Crippen LogP contribution >= 0.6 is 0 Å². The number of hydrogen-bond donors (Lipinski definition) is 2. The standard InChI is InChI=1S/C10H13N3O2/c1-15-10-6(3-2-4-12-10)9(14)13-8-5-7(8)11/h2-4,7-8H,5,11H2,1H3,(H,13,14). The van der Waals surface area contributed by atoms with Crippen molar-refractivity contribution in [1.29, 1.82) is 0 Å². The zero-order valence-corrected chi connectivity index (χ0v) is 8.43. The van der Waals surface area contributed by atoms with Gasteiger partial charge in [-0.3, -0.25) is 4.79 Å². The van der Waals surface area contributed by atoms with Crippen molar-refractivity contribution >= 4 is 5.91 Å². The smallest absolute Gasteiger partial charge is 0.257 e. The summed E-state index contributed by atoms with van der Waals surface area (Å²) in [4.78, 5) is 15.7. The minimum Gasteiger partial charge on any atom is -0.480 e. The van der Waals surface area contributed by atoms with Gasteiger partial charge in [0.15, 0.2) is 0 Å². The summed E-state index contributed by atoms with van der Waals surface area (Å²) in [7, 11) is 1.49. The number of nitrogens with two attached hydrogens (primary N) is 1. The monoisotopic (exact) mass is 207 g/mol. The fraction of sp³-hybridized carbons (Fsp3) is 0.400. The summed E-state index contributed by atoms with van der Waals surface area (Å²) in [6.07, 6.45) is 2.42. The van der Waals surface area contributed by atoms with Crippen molar-refractivity contribution in [2.75, 3.05) is 7.11 Å². The van der Waals surface area contributed by atoms with Gasteiger partial charge in [-0.2, -0.15) is 0 Å². The molecule has 1 aliphatic carbocycles. The number of amides is 1. The third kappa shape index (κ3) is 2.07. The molecular weight excluding hydrogens is 194 g/mol. The van der Waals surface area contributed by atoms with Crippen molar-refractivity contribution in [1.82, 2.24) is 10.3 Å². The molecule has 0 radical (unpaired) electrons. The third-order valence-electron chi connectivity index (χ3n) is 2.37. The van der Waals surface area contributed by atoms with E-state index in [1.165, 1.54) is 7.11 Å². The molecular formula is C10H13N3O2. The second kappa shape index (κ2) is 3.86. The minimum atomic E-state index is -0.182. The lowest BCUT2D eigenvalue weighted by atomic mass is 10.2. The van der Waals surface area contributed by atoms with E-state index in [2.05, 4.69) is 10.3 Å². The largest absolute Gasteiger partial charge is 0.480 e. The summed E-state index contributed by atoms with van der Waals surface area (Å²) in [6.45, 7) is 0. The molecule has 80 valence electrons. The number of pyridine rings is 1. The van der Waals surface area contributed by atoms with E-state index in [1.807, 2.05) is 0 Å². The lowest BCUT2D eigenvalue weighted by molar-refractivity contribution is 0.0946. The quantitative estimate of drug-likeness (QED) is 0.726. The van der Waals surface area contributed by atoms with Crippen LogP contribution in [-0.4, -0.2) is 30.1 Å². The van der Waals surface area contributed by atoms with Gasteiger partial charge in [0.2, 0.25) is 5.88 Å². The first kappa shape index (κ1) is 9.92. The third-order valence-corrected chi connectivity index (χ3v) is 2.37. The summed E-state index contributed by atoms with van der Waals surface area (Å²) < 4.78 is 4.99. The molecule has 2 unspecified atom stereocenters. The van der Waals surface area contributed by atoms with Crippen molar-refractivity contribution in [3.8, 4) is 5.88 Å². The van der Waals surface area contributed by atoms with E-state index >= 15 is 0 Å². The molecule has 1 aromatic rings. The van der Waals surface area contributed by atoms with Crippen LogP contribution in [0.1, 0.15) is 16.8 Å². The molecule has 0 spiro atoms. The maximum Gasteiger partial charge on any atom is 0.257 e. The number of rotatable bonds is 3. The first-order chi connectivity index (χ1) is 7.22. The summed E-state index contributed by atoms with van der Waals surface area (Å²) in [6, 6.07) is 3.57. The minimum absolute atomic E-state index is 0.0941. The Hall–Kier alpha value is -1.62. The average Bonchev–Trinajstić information content (AvgIpc) is 2.94. The second-order valence-electron chi connectivity index (χ2n) is 3.54. The highest BCUT2D eigenvalue weighted by atomic mass is 16.5. The number of hydrogen-bond acceptors (Lipinski definition) is 4. The summed E-state index contributed by atoms with van der Waals surface area (Å²) in [5.41, 5.74) is 6.05. The maximum absolute atomic E-state index is 11.7. The molecule has 2 rings (SSSR count). The van der Waals surface area contributed by atoms with E-state index < -0.39 is 0 Å². The molecule has 5 nitrogen and oxygen atoms in total. The van der Waals surface area contributed by atoms with Crippen molar-refractivity contribution in [2.24, 2.45) is 5.73 Å². The van der Waals surface area contributed by atoms with Gasteiger partial charge in [-0.05, 0) is 18.6 Å². The lowest BCUT2D eigenvalue weighted by Gasteiger charge is -2.06. The van der Waals surface area contributed by atoms with Gasteiger partial charge in [0.25, 0.3) is 5.91 Å². The van der Waals surface area contributed by atoms with Crippen LogP contribution in [0, 0.1) is 0 Å². The van der Waals surface area contributed by atoms with E-state index in [9.17, 15) is 4.79 Å². The molecule has 0 bridgehead atoms. The molecule has 0 aromatic carbocycles. The predicted octanol–water partition coefficient (Wildman–Crippen LogP) is -0.0804. The molecule has 3 N–H and O–H groups in total. The highest BCUT2D eigenvalue weighted by Crippen LogP contribution is 2.20. The van der Waals surface area contributed by atoms with E-state index in [0.717, 1.165) is 6.42 Å². The van der Waals surface area contributed by atoms with Crippen molar-refractivity contribution in [3.63, 3.8) is 0 Å². The molecule has 1 amide bonds. The Morgan fingerprint density at radius 2 is 2.47 bits per heavy atom. The normalized spacial score (nSPS) is 23.3. The lowest BCUT2D eigenvalue weighted by Crippen LogP contribution is -2.30. The van der Waals surface area contributed by atoms with Crippen LogP contribution in [0.2, 0.25) is 0 Å². The molecule has 1 saturated carbocycles. The van der Waals surface area contributed by atoms with Gasteiger partial charge >= 0.3 is 0 Å². The molecule has 0 aliphatic heterocycles. The second-order valence-corrected chi connectivity index (χ2v) is 3.54. The van der Waals surface area contributed by atoms with Gasteiger partial charge in [-0.15, -0.1) is 0 Å². The summed E-state index contributed by atoms with van der Waals surface area (Å²) >= 11 is 0. The highest BCUT2D eigenvalue weighted by molar-refractivity contribution is 5.96. The van der Waals surface area contributed by atoms with Gasteiger partial charge in [-0.25, -0.2) is 4.98 Å². The number of ether oxygens (including phenoxy) is 1. The molecule has 0 saturated heterocycles. The topological polar surface area (TPSA) is 77.2 Å². The first-order valence-corrected chi connectivity index (χ1v) is 4.78. The number of nitrogens with one attached hydrogen (secondary N) is 1. The molecule has 2 atom stereocenters. The zero-order chi connectivity index (χ0) is 10.8. The zero-order valence-electron chi connectivity index (χ0n) is 8.43. The van der Waals surface area contributed by atoms with Crippen LogP contribution in [0.15, 0.2) is 18.3 Å². The predicted molar refractivity (Wildman–Crippen MR) is 54.6 cm³/mol. The van der Waals surface area contributed by atoms with Gasteiger partial charge in [0, 0.05) is 18.3 Å². The molecule has 1 fully saturated rings. The maximum atomic E-state index is 11.7. The average molecular weight is 207 g/mol. The van der Waals surface area contributed by atoms with Crippen LogP contribution in [0.4, 0.5) is 0 Å². The Bertz CT molecular complexity index is 381. The Kier molecular flexibility index (Phi) is 2.55. The van der Waals surface area contributed by atoms with Crippen LogP contribution in [0.3, 0.4) is 0 Å². The molecule has 15 heavy (non-hydrogen) atoms. The Balaban J connectivity index is 2.10. The Labute approximate surface area is 87.6 Å². The number of carbonyl (C=O) groups excluding carboxylic acids is 1. The van der Waals surface area contributed by atoms with Crippen molar-refractivity contribution in [3.05, 3.63) is 23.9 Å². The number of nitrogens with zero attached hydrogens (tertiary/aromatic N) is 1. The van der Waals surface area contributed by atoms with Crippen LogP contribution < -0.4 is 15.8 Å². The molecule has 1 aliphatic rings. The van der Waals surface area contributed by atoms with Crippen molar-refractivity contribution < 1.29 is 9.53 Å². The molecule has 1 aromatic heterocycles. The Morgan fingerprint density at radius 1 is 1.73 bits per heavy atom. The Morgan fingerprint density at radius 3 is 3.07 bits per heavy atom. The van der Waals surface area contributed by atoms with Crippen LogP contribution in [0.5, 0.6) is 5.88 Å². The number of carbonyl (C=O) groups is 1. The van der Waals surface area contributed by atoms with E-state index in [1.54, 1.807) is 18.3 Å². The highest BCUT2D eigenvalue weighted by Gasteiger charge is 2.35. The van der Waals surface area contributed by atoms with E-state index in [4.69, 9.17) is 10.5 Å². The summed E-state index contributed by atoms with van der Waals surface area (Å²) in [5.74, 6) is 0.155. The van der Waals surface area contributed by atoms with E-state index in [0.29, 0.717) is 11.4 Å². The van der Waals surface area contributed by atoms with Crippen LogP contribution in [-0.2, 0) is 0 Å². The fourth-order valence-electron chi connectivity index (χ4n) is 1.35. The number of methoxy groups -OCH3 is 1. The number of aromatic nitrogens is 1. The first-order valence-electron chi connectivity index (χ1n) is 4.78. The summed E-state index contributed by atoms with van der Waals surface area (Å²) in [5, 5.41) is 2.81. The van der Waals surface area contributed by atoms with Gasteiger partial charge in [0.1, 0.15) is 5.56 Å². The fourth-order valence-corrected chi connectivity index (χ4v) is 1.35. The van der Waals surface area contributed by atoms with Gasteiger partial charge in [-0.1, -0.05) is 0 Å². The van der Waals surface area contributed by atoms with Crippen LogP contribution in [0.25, 0.3) is 0 Å². The SMILES string of the molecule is COc1ncccc1C(=O)NC1CC1N. The molecule has 5 heteroatoms.